The molecule has 0 N–H and O–H groups in total. The fourth-order valence-corrected chi connectivity index (χ4v) is 2.80. The third kappa shape index (κ3) is 3.28. The molecule has 0 spiro atoms. The average molecular weight is 307 g/mol. The molecule has 1 aromatic heterocycles. The number of carbonyl (C=O) groups is 2. The predicted octanol–water partition coefficient (Wildman–Crippen LogP) is 1.95. The Balaban J connectivity index is 1.59. The Morgan fingerprint density at radius 1 is 1.32 bits per heavy atom. The van der Waals surface area contributed by atoms with Gasteiger partial charge >= 0.3 is 5.97 Å². The zero-order valence-electron chi connectivity index (χ0n) is 12.8. The molecule has 2 heterocycles. The highest BCUT2D eigenvalue weighted by molar-refractivity contribution is 5.81. The molecule has 1 aliphatic carbocycles. The van der Waals surface area contributed by atoms with Gasteiger partial charge in [0.05, 0.1) is 13.0 Å². The Labute approximate surface area is 129 Å². The minimum atomic E-state index is -0.333. The third-order valence-corrected chi connectivity index (χ3v) is 4.11. The molecule has 1 saturated carbocycles. The van der Waals surface area contributed by atoms with Crippen LogP contribution in [0.15, 0.2) is 4.52 Å². The highest BCUT2D eigenvalue weighted by Crippen LogP contribution is 2.39. The molecule has 1 aliphatic heterocycles. The Bertz CT molecular complexity index is 553. The van der Waals surface area contributed by atoms with Crippen molar-refractivity contribution in [2.24, 2.45) is 0 Å². The smallest absolute Gasteiger partial charge is 0.306 e. The fraction of sp³-hybridized carbons (Fsp3) is 0.733. The standard InChI is InChI=1S/C15H21N3O4/c1-2-21-13(20)8-7-12(19)18-9-3-4-11(18)15-16-14(17-22-15)10-5-6-10/h10-11H,2-9H2,1H3. The van der Waals surface area contributed by atoms with E-state index in [1.54, 1.807) is 11.8 Å². The van der Waals surface area contributed by atoms with Crippen LogP contribution in [0.4, 0.5) is 0 Å². The second-order valence-corrected chi connectivity index (χ2v) is 5.82. The van der Waals surface area contributed by atoms with Gasteiger partial charge < -0.3 is 14.2 Å². The van der Waals surface area contributed by atoms with E-state index in [4.69, 9.17) is 9.26 Å². The zero-order valence-corrected chi connectivity index (χ0v) is 12.8. The van der Waals surface area contributed by atoms with E-state index in [9.17, 15) is 9.59 Å². The lowest BCUT2D eigenvalue weighted by Crippen LogP contribution is -2.31. The van der Waals surface area contributed by atoms with Crippen LogP contribution in [-0.2, 0) is 14.3 Å². The van der Waals surface area contributed by atoms with E-state index in [0.717, 1.165) is 31.5 Å². The van der Waals surface area contributed by atoms with Crippen LogP contribution in [0.3, 0.4) is 0 Å². The summed E-state index contributed by atoms with van der Waals surface area (Å²) in [4.78, 5) is 29.9. The van der Waals surface area contributed by atoms with Crippen molar-refractivity contribution in [2.75, 3.05) is 13.2 Å². The van der Waals surface area contributed by atoms with E-state index >= 15 is 0 Å². The first kappa shape index (κ1) is 15.0. The molecule has 120 valence electrons. The number of esters is 1. The van der Waals surface area contributed by atoms with Crippen molar-refractivity contribution >= 4 is 11.9 Å². The number of ether oxygens (including phenoxy) is 1. The molecule has 1 amide bonds. The molecule has 2 fully saturated rings. The summed E-state index contributed by atoms with van der Waals surface area (Å²) in [5, 5.41) is 4.02. The molecule has 7 nitrogen and oxygen atoms in total. The topological polar surface area (TPSA) is 85.5 Å². The summed E-state index contributed by atoms with van der Waals surface area (Å²) < 4.78 is 10.2. The van der Waals surface area contributed by atoms with Gasteiger partial charge in [0.15, 0.2) is 5.82 Å². The Morgan fingerprint density at radius 3 is 2.86 bits per heavy atom. The van der Waals surface area contributed by atoms with Crippen molar-refractivity contribution < 1.29 is 18.8 Å². The number of aromatic nitrogens is 2. The highest BCUT2D eigenvalue weighted by Gasteiger charge is 2.36. The summed E-state index contributed by atoms with van der Waals surface area (Å²) in [5.41, 5.74) is 0. The highest BCUT2D eigenvalue weighted by atomic mass is 16.5. The van der Waals surface area contributed by atoms with Crippen LogP contribution in [0, 0.1) is 0 Å². The lowest BCUT2D eigenvalue weighted by Gasteiger charge is -2.21. The summed E-state index contributed by atoms with van der Waals surface area (Å²) >= 11 is 0. The molecule has 0 radical (unpaired) electrons. The van der Waals surface area contributed by atoms with Gasteiger partial charge in [-0.05, 0) is 32.6 Å². The van der Waals surface area contributed by atoms with Crippen molar-refractivity contribution in [3.8, 4) is 0 Å². The molecule has 3 rings (SSSR count). The molecule has 1 aromatic rings. The number of hydrogen-bond acceptors (Lipinski definition) is 6. The zero-order chi connectivity index (χ0) is 15.5. The van der Waals surface area contributed by atoms with Crippen molar-refractivity contribution in [3.63, 3.8) is 0 Å². The molecular formula is C15H21N3O4. The van der Waals surface area contributed by atoms with Crippen molar-refractivity contribution in [1.82, 2.24) is 15.0 Å². The van der Waals surface area contributed by atoms with Crippen LogP contribution >= 0.6 is 0 Å². The number of carbonyl (C=O) groups excluding carboxylic acids is 2. The van der Waals surface area contributed by atoms with Gasteiger partial charge in [-0.1, -0.05) is 5.16 Å². The van der Waals surface area contributed by atoms with Crippen LogP contribution in [0.5, 0.6) is 0 Å². The maximum absolute atomic E-state index is 12.3. The Kier molecular flexibility index (Phi) is 4.40. The van der Waals surface area contributed by atoms with Gasteiger partial charge in [0.2, 0.25) is 11.8 Å². The van der Waals surface area contributed by atoms with Gasteiger partial charge in [-0.3, -0.25) is 9.59 Å². The molecule has 1 atom stereocenters. The van der Waals surface area contributed by atoms with Crippen LogP contribution in [0.25, 0.3) is 0 Å². The predicted molar refractivity (Wildman–Crippen MR) is 75.8 cm³/mol. The number of rotatable bonds is 6. The molecule has 0 aromatic carbocycles. The first-order chi connectivity index (χ1) is 10.7. The average Bonchev–Trinajstić information content (AvgIpc) is 3.04. The summed E-state index contributed by atoms with van der Waals surface area (Å²) in [6, 6.07) is -0.144. The number of nitrogens with zero attached hydrogens (tertiary/aromatic N) is 3. The van der Waals surface area contributed by atoms with Crippen LogP contribution in [-0.4, -0.2) is 40.1 Å². The normalized spacial score (nSPS) is 21.1. The molecule has 1 unspecified atom stereocenters. The Morgan fingerprint density at radius 2 is 2.14 bits per heavy atom. The first-order valence-electron chi connectivity index (χ1n) is 7.97. The molecule has 1 saturated heterocycles. The van der Waals surface area contributed by atoms with E-state index < -0.39 is 0 Å². The maximum atomic E-state index is 12.3. The van der Waals surface area contributed by atoms with Crippen molar-refractivity contribution in [3.05, 3.63) is 11.7 Å². The van der Waals surface area contributed by atoms with E-state index in [2.05, 4.69) is 10.1 Å². The molecular weight excluding hydrogens is 286 g/mol. The molecule has 22 heavy (non-hydrogen) atoms. The Hall–Kier alpha value is -1.92. The van der Waals surface area contributed by atoms with Gasteiger partial charge in [0.25, 0.3) is 0 Å². The van der Waals surface area contributed by atoms with Gasteiger partial charge in [0.1, 0.15) is 6.04 Å². The summed E-state index contributed by atoms with van der Waals surface area (Å²) in [7, 11) is 0. The van der Waals surface area contributed by atoms with Gasteiger partial charge in [0, 0.05) is 18.9 Å². The van der Waals surface area contributed by atoms with E-state index in [0.29, 0.717) is 25.0 Å². The largest absolute Gasteiger partial charge is 0.466 e. The van der Waals surface area contributed by atoms with Crippen molar-refractivity contribution in [1.29, 1.82) is 0 Å². The van der Waals surface area contributed by atoms with E-state index in [1.165, 1.54) is 0 Å². The molecule has 7 heteroatoms. The minimum Gasteiger partial charge on any atom is -0.466 e. The number of hydrogen-bond donors (Lipinski definition) is 0. The summed E-state index contributed by atoms with van der Waals surface area (Å²) in [6.07, 6.45) is 4.26. The minimum absolute atomic E-state index is 0.0540. The molecule has 2 aliphatic rings. The number of likely N-dealkylation sites (tertiary alicyclic amines) is 1. The molecule has 0 bridgehead atoms. The quantitative estimate of drug-likeness (QED) is 0.747. The van der Waals surface area contributed by atoms with Gasteiger partial charge in [-0.15, -0.1) is 0 Å². The van der Waals surface area contributed by atoms with Crippen LogP contribution < -0.4 is 0 Å². The summed E-state index contributed by atoms with van der Waals surface area (Å²) in [5.74, 6) is 1.35. The first-order valence-corrected chi connectivity index (χ1v) is 7.97. The lowest BCUT2D eigenvalue weighted by atomic mass is 10.2. The maximum Gasteiger partial charge on any atom is 0.306 e. The second-order valence-electron chi connectivity index (χ2n) is 5.82. The monoisotopic (exact) mass is 307 g/mol. The van der Waals surface area contributed by atoms with Crippen LogP contribution in [0.1, 0.15) is 69.1 Å². The van der Waals surface area contributed by atoms with Gasteiger partial charge in [-0.25, -0.2) is 0 Å². The lowest BCUT2D eigenvalue weighted by molar-refractivity contribution is -0.146. The summed E-state index contributed by atoms with van der Waals surface area (Å²) in [6.45, 7) is 2.77. The van der Waals surface area contributed by atoms with Gasteiger partial charge in [-0.2, -0.15) is 4.98 Å². The fourth-order valence-electron chi connectivity index (χ4n) is 2.80. The third-order valence-electron chi connectivity index (χ3n) is 4.11. The second kappa shape index (κ2) is 6.46. The van der Waals surface area contributed by atoms with Crippen LogP contribution in [0.2, 0.25) is 0 Å². The SMILES string of the molecule is CCOC(=O)CCC(=O)N1CCCC1c1nc(C2CC2)no1. The number of amides is 1. The van der Waals surface area contributed by atoms with E-state index in [1.807, 2.05) is 0 Å². The van der Waals surface area contributed by atoms with Crippen molar-refractivity contribution in [2.45, 2.75) is 57.4 Å². The van der Waals surface area contributed by atoms with E-state index in [-0.39, 0.29) is 30.8 Å².